The first-order chi connectivity index (χ1) is 17.6. The van der Waals surface area contributed by atoms with Gasteiger partial charge in [-0.3, -0.25) is 14.3 Å². The van der Waals surface area contributed by atoms with Crippen molar-refractivity contribution in [1.82, 2.24) is 29.4 Å². The third-order valence-corrected chi connectivity index (χ3v) is 7.86. The molecule has 0 spiro atoms. The standard InChI is InChI=1S/C27H36N8O/c1-20(34-18-25(30-19-34)24-15-28-16-26(31-24)32-9-2-3-10-32)35-12-8-23(13-27(35)36)33-11-4-5-22(17-33)29-14-21-6-7-21/h8,12-13,15-16,18-22,29H,2-7,9-11,14,17H2,1H3/t20?,22-/m1/s1. The van der Waals surface area contributed by atoms with Crippen molar-refractivity contribution in [2.45, 2.75) is 57.7 Å². The molecule has 36 heavy (non-hydrogen) atoms. The second kappa shape index (κ2) is 10.0. The zero-order valence-corrected chi connectivity index (χ0v) is 21.1. The van der Waals surface area contributed by atoms with E-state index in [0.29, 0.717) is 6.04 Å². The van der Waals surface area contributed by atoms with Gasteiger partial charge in [0.15, 0.2) is 0 Å². The number of pyridine rings is 1. The molecule has 1 saturated carbocycles. The average Bonchev–Trinajstić information content (AvgIpc) is 3.35. The summed E-state index contributed by atoms with van der Waals surface area (Å²) in [5, 5.41) is 3.74. The van der Waals surface area contributed by atoms with Crippen molar-refractivity contribution in [2.24, 2.45) is 5.92 Å². The van der Waals surface area contributed by atoms with Crippen LogP contribution in [0.5, 0.6) is 0 Å². The lowest BCUT2D eigenvalue weighted by atomic mass is 10.0. The summed E-state index contributed by atoms with van der Waals surface area (Å²) in [6.45, 7) is 7.17. The maximum absolute atomic E-state index is 13.1. The van der Waals surface area contributed by atoms with Crippen LogP contribution in [0, 0.1) is 5.92 Å². The Hall–Kier alpha value is -3.20. The summed E-state index contributed by atoms with van der Waals surface area (Å²) in [5.41, 5.74) is 2.53. The third kappa shape index (κ3) is 5.02. The van der Waals surface area contributed by atoms with Crippen LogP contribution in [0.4, 0.5) is 11.5 Å². The molecular formula is C27H36N8O. The molecule has 1 N–H and O–H groups in total. The Morgan fingerprint density at radius 1 is 1.06 bits per heavy atom. The highest BCUT2D eigenvalue weighted by Gasteiger charge is 2.25. The lowest BCUT2D eigenvalue weighted by molar-refractivity contribution is 0.415. The van der Waals surface area contributed by atoms with Gasteiger partial charge in [-0.25, -0.2) is 9.97 Å². The van der Waals surface area contributed by atoms with Gasteiger partial charge >= 0.3 is 0 Å². The van der Waals surface area contributed by atoms with Crippen molar-refractivity contribution in [1.29, 1.82) is 0 Å². The smallest absolute Gasteiger partial charge is 0.254 e. The fourth-order valence-corrected chi connectivity index (χ4v) is 5.41. The molecule has 190 valence electrons. The van der Waals surface area contributed by atoms with Crippen LogP contribution in [0.1, 0.15) is 51.6 Å². The van der Waals surface area contributed by atoms with E-state index in [4.69, 9.17) is 4.98 Å². The van der Waals surface area contributed by atoms with E-state index in [1.54, 1.807) is 23.2 Å². The first kappa shape index (κ1) is 23.2. The lowest BCUT2D eigenvalue weighted by Gasteiger charge is -2.35. The Bertz CT molecular complexity index is 1240. The predicted molar refractivity (Wildman–Crippen MR) is 141 cm³/mol. The SMILES string of the molecule is CC(n1cnc(-c2cncc(N3CCCC3)n2)c1)n1ccc(N2CCC[C@@H](NCC3CC3)C2)cc1=O. The maximum Gasteiger partial charge on any atom is 0.254 e. The minimum absolute atomic E-state index is 0.000800. The summed E-state index contributed by atoms with van der Waals surface area (Å²) in [6, 6.07) is 4.37. The maximum atomic E-state index is 13.1. The normalized spacial score (nSPS) is 21.2. The van der Waals surface area contributed by atoms with Crippen LogP contribution in [0.15, 0.2) is 48.0 Å². The average molecular weight is 489 g/mol. The molecule has 0 bridgehead atoms. The van der Waals surface area contributed by atoms with E-state index in [0.717, 1.165) is 68.0 Å². The van der Waals surface area contributed by atoms with E-state index in [2.05, 4.69) is 31.2 Å². The van der Waals surface area contributed by atoms with Gasteiger partial charge in [0.1, 0.15) is 23.4 Å². The minimum Gasteiger partial charge on any atom is -0.370 e. The highest BCUT2D eigenvalue weighted by molar-refractivity contribution is 5.55. The summed E-state index contributed by atoms with van der Waals surface area (Å²) < 4.78 is 3.72. The van der Waals surface area contributed by atoms with Crippen molar-refractivity contribution in [3.05, 3.63) is 53.6 Å². The van der Waals surface area contributed by atoms with Gasteiger partial charge < -0.3 is 19.7 Å². The lowest BCUT2D eigenvalue weighted by Crippen LogP contribution is -2.46. The molecule has 5 heterocycles. The van der Waals surface area contributed by atoms with E-state index in [1.165, 1.54) is 32.1 Å². The van der Waals surface area contributed by atoms with Gasteiger partial charge in [0, 0.05) is 56.4 Å². The van der Waals surface area contributed by atoms with Crippen LogP contribution in [0.3, 0.4) is 0 Å². The van der Waals surface area contributed by atoms with E-state index < -0.39 is 0 Å². The molecule has 1 unspecified atom stereocenters. The fourth-order valence-electron chi connectivity index (χ4n) is 5.41. The fraction of sp³-hybridized carbons (Fsp3) is 0.556. The Morgan fingerprint density at radius 2 is 1.89 bits per heavy atom. The van der Waals surface area contributed by atoms with Crippen LogP contribution in [0.25, 0.3) is 11.4 Å². The predicted octanol–water partition coefficient (Wildman–Crippen LogP) is 3.14. The number of nitrogens with zero attached hydrogens (tertiary/aromatic N) is 7. The molecule has 3 fully saturated rings. The highest BCUT2D eigenvalue weighted by atomic mass is 16.1. The summed E-state index contributed by atoms with van der Waals surface area (Å²) in [6.07, 6.45) is 16.5. The zero-order valence-electron chi connectivity index (χ0n) is 21.1. The molecule has 0 aromatic carbocycles. The molecule has 9 heteroatoms. The molecule has 0 radical (unpaired) electrons. The number of aromatic nitrogens is 5. The topological polar surface area (TPSA) is 84.1 Å². The molecule has 3 aliphatic rings. The molecule has 1 aliphatic carbocycles. The van der Waals surface area contributed by atoms with Gasteiger partial charge in [0.05, 0.1) is 18.7 Å². The number of nitrogens with one attached hydrogen (secondary N) is 1. The number of hydrogen-bond donors (Lipinski definition) is 1. The minimum atomic E-state index is -0.197. The molecule has 3 aromatic rings. The molecular weight excluding hydrogens is 452 g/mol. The van der Waals surface area contributed by atoms with Gasteiger partial charge in [-0.1, -0.05) is 0 Å². The van der Waals surface area contributed by atoms with E-state index in [9.17, 15) is 4.79 Å². The molecule has 0 amide bonds. The summed E-state index contributed by atoms with van der Waals surface area (Å²) in [4.78, 5) is 31.5. The first-order valence-corrected chi connectivity index (χ1v) is 13.5. The van der Waals surface area contributed by atoms with Gasteiger partial charge in [-0.05, 0) is 64.0 Å². The van der Waals surface area contributed by atoms with Crippen LogP contribution >= 0.6 is 0 Å². The number of anilines is 2. The quantitative estimate of drug-likeness (QED) is 0.521. The molecule has 2 atom stereocenters. The number of rotatable bonds is 8. The Morgan fingerprint density at radius 3 is 2.69 bits per heavy atom. The molecule has 3 aromatic heterocycles. The third-order valence-electron chi connectivity index (χ3n) is 7.86. The second-order valence-corrected chi connectivity index (χ2v) is 10.6. The largest absolute Gasteiger partial charge is 0.370 e. The summed E-state index contributed by atoms with van der Waals surface area (Å²) in [5.74, 6) is 1.79. The van der Waals surface area contributed by atoms with Crippen molar-refractivity contribution >= 4 is 11.5 Å². The monoisotopic (exact) mass is 488 g/mol. The zero-order chi connectivity index (χ0) is 24.5. The molecule has 6 rings (SSSR count). The molecule has 2 saturated heterocycles. The Balaban J connectivity index is 1.15. The van der Waals surface area contributed by atoms with Crippen LogP contribution in [-0.2, 0) is 0 Å². The van der Waals surface area contributed by atoms with E-state index >= 15 is 0 Å². The highest BCUT2D eigenvalue weighted by Crippen LogP contribution is 2.28. The van der Waals surface area contributed by atoms with Gasteiger partial charge in [0.2, 0.25) is 0 Å². The van der Waals surface area contributed by atoms with Crippen LogP contribution in [0.2, 0.25) is 0 Å². The van der Waals surface area contributed by atoms with Crippen LogP contribution in [-0.4, -0.2) is 62.9 Å². The second-order valence-electron chi connectivity index (χ2n) is 10.6. The number of hydrogen-bond acceptors (Lipinski definition) is 7. The number of imidazole rings is 1. The van der Waals surface area contributed by atoms with Gasteiger partial charge in [0.25, 0.3) is 5.56 Å². The molecule has 2 aliphatic heterocycles. The van der Waals surface area contributed by atoms with E-state index in [-0.39, 0.29) is 11.7 Å². The summed E-state index contributed by atoms with van der Waals surface area (Å²) in [7, 11) is 0. The van der Waals surface area contributed by atoms with Crippen LogP contribution < -0.4 is 20.7 Å². The first-order valence-electron chi connectivity index (χ1n) is 13.5. The van der Waals surface area contributed by atoms with Crippen molar-refractivity contribution < 1.29 is 0 Å². The summed E-state index contributed by atoms with van der Waals surface area (Å²) >= 11 is 0. The number of piperidine rings is 1. The Kier molecular flexibility index (Phi) is 6.48. The van der Waals surface area contributed by atoms with Gasteiger partial charge in [-0.15, -0.1) is 0 Å². The van der Waals surface area contributed by atoms with Crippen molar-refractivity contribution in [2.75, 3.05) is 42.5 Å². The van der Waals surface area contributed by atoms with Crippen molar-refractivity contribution in [3.63, 3.8) is 0 Å². The van der Waals surface area contributed by atoms with E-state index in [1.807, 2.05) is 30.1 Å². The molecule has 9 nitrogen and oxygen atoms in total. The van der Waals surface area contributed by atoms with Gasteiger partial charge in [-0.2, -0.15) is 0 Å². The van der Waals surface area contributed by atoms with Crippen molar-refractivity contribution in [3.8, 4) is 11.4 Å². The Labute approximate surface area is 212 Å².